The summed E-state index contributed by atoms with van der Waals surface area (Å²) in [5, 5.41) is 1.30. The predicted octanol–water partition coefficient (Wildman–Crippen LogP) is 3.22. The number of ether oxygens (including phenoxy) is 1. The first-order chi connectivity index (χ1) is 11.0. The molecule has 4 heteroatoms. The third kappa shape index (κ3) is 1.91. The number of piperidine rings is 2. The molecule has 0 atom stereocenters. The first kappa shape index (κ1) is 13.9. The van der Waals surface area contributed by atoms with Crippen molar-refractivity contribution in [3.8, 4) is 5.75 Å². The molecule has 0 saturated carbocycles. The van der Waals surface area contributed by atoms with Crippen molar-refractivity contribution in [2.75, 3.05) is 33.3 Å². The van der Waals surface area contributed by atoms with Gasteiger partial charge in [-0.3, -0.25) is 9.80 Å². The molecule has 122 valence electrons. The molecular weight excluding hydrogens is 286 g/mol. The Kier molecular flexibility index (Phi) is 2.60. The van der Waals surface area contributed by atoms with Gasteiger partial charge in [-0.15, -0.1) is 0 Å². The van der Waals surface area contributed by atoms with E-state index in [4.69, 9.17) is 4.74 Å². The predicted molar refractivity (Wildman–Crippen MR) is 91.6 cm³/mol. The van der Waals surface area contributed by atoms with Crippen LogP contribution in [0, 0.1) is 10.8 Å². The molecule has 4 aliphatic heterocycles. The standard InChI is InChI=1S/C19H25N3O/c1-18-8-19(2)11-21(9-18)17(22(10-18)12-19)15-7-20-16-5-4-13(23-3)6-14(15)16/h4-7,17,20H,8-12H2,1-3H3. The van der Waals surface area contributed by atoms with Gasteiger partial charge in [-0.25, -0.2) is 0 Å². The van der Waals surface area contributed by atoms with E-state index in [9.17, 15) is 0 Å². The van der Waals surface area contributed by atoms with Gasteiger partial charge in [0.1, 0.15) is 5.75 Å². The fourth-order valence-corrected chi connectivity index (χ4v) is 5.86. The second-order valence-electron chi connectivity index (χ2n) is 8.64. The summed E-state index contributed by atoms with van der Waals surface area (Å²) < 4.78 is 5.44. The molecule has 23 heavy (non-hydrogen) atoms. The summed E-state index contributed by atoms with van der Waals surface area (Å²) in [5.41, 5.74) is 3.54. The summed E-state index contributed by atoms with van der Waals surface area (Å²) in [6.45, 7) is 9.83. The second kappa shape index (κ2) is 4.31. The first-order valence-corrected chi connectivity index (χ1v) is 8.62. The zero-order valence-electron chi connectivity index (χ0n) is 14.2. The van der Waals surface area contributed by atoms with Gasteiger partial charge in [-0.1, -0.05) is 13.8 Å². The Morgan fingerprint density at radius 1 is 1.09 bits per heavy atom. The lowest BCUT2D eigenvalue weighted by Crippen LogP contribution is -2.70. The number of nitrogens with one attached hydrogen (secondary N) is 1. The summed E-state index contributed by atoms with van der Waals surface area (Å²) in [6.07, 6.45) is 4.00. The van der Waals surface area contributed by atoms with Crippen LogP contribution in [0.15, 0.2) is 24.4 Å². The SMILES string of the molecule is COc1ccc2[nH]cc(C3N4CC5(C)CN3CC(C)(C4)C5)c2c1. The van der Waals surface area contributed by atoms with Crippen LogP contribution in [-0.2, 0) is 0 Å². The number of hydrogen-bond acceptors (Lipinski definition) is 3. The van der Waals surface area contributed by atoms with E-state index in [1.165, 1.54) is 49.1 Å². The van der Waals surface area contributed by atoms with Crippen LogP contribution in [0.1, 0.15) is 32.0 Å². The number of aromatic nitrogens is 1. The van der Waals surface area contributed by atoms with E-state index < -0.39 is 0 Å². The highest BCUT2D eigenvalue weighted by Crippen LogP contribution is 2.54. The van der Waals surface area contributed by atoms with Crippen molar-refractivity contribution >= 4 is 10.9 Å². The van der Waals surface area contributed by atoms with Gasteiger partial charge in [-0.2, -0.15) is 0 Å². The molecule has 0 amide bonds. The number of methoxy groups -OCH3 is 1. The molecule has 0 aliphatic carbocycles. The van der Waals surface area contributed by atoms with E-state index in [0.29, 0.717) is 17.0 Å². The highest BCUT2D eigenvalue weighted by molar-refractivity contribution is 5.85. The van der Waals surface area contributed by atoms with Crippen LogP contribution in [-0.4, -0.2) is 48.1 Å². The summed E-state index contributed by atoms with van der Waals surface area (Å²) >= 11 is 0. The van der Waals surface area contributed by atoms with Gasteiger partial charge in [0.25, 0.3) is 0 Å². The van der Waals surface area contributed by atoms with Crippen LogP contribution in [0.5, 0.6) is 5.75 Å². The molecule has 0 spiro atoms. The van der Waals surface area contributed by atoms with Crippen molar-refractivity contribution in [3.05, 3.63) is 30.0 Å². The third-order valence-corrected chi connectivity index (χ3v) is 6.08. The Morgan fingerprint density at radius 3 is 2.35 bits per heavy atom. The Balaban J connectivity index is 1.61. The Labute approximate surface area is 137 Å². The van der Waals surface area contributed by atoms with Crippen LogP contribution >= 0.6 is 0 Å². The molecule has 4 bridgehead atoms. The van der Waals surface area contributed by atoms with E-state index >= 15 is 0 Å². The lowest BCUT2D eigenvalue weighted by Gasteiger charge is -2.66. The molecule has 1 aromatic heterocycles. The van der Waals surface area contributed by atoms with Gasteiger partial charge in [0.05, 0.1) is 13.3 Å². The maximum absolute atomic E-state index is 5.44. The van der Waals surface area contributed by atoms with Crippen LogP contribution in [0.3, 0.4) is 0 Å². The zero-order chi connectivity index (χ0) is 15.8. The maximum Gasteiger partial charge on any atom is 0.119 e. The number of benzene rings is 1. The first-order valence-electron chi connectivity index (χ1n) is 8.62. The van der Waals surface area contributed by atoms with Gasteiger partial charge < -0.3 is 9.72 Å². The molecule has 1 N–H and O–H groups in total. The highest BCUT2D eigenvalue weighted by Gasteiger charge is 2.56. The molecule has 0 radical (unpaired) electrons. The molecule has 4 aliphatic rings. The van der Waals surface area contributed by atoms with Crippen molar-refractivity contribution in [2.24, 2.45) is 10.8 Å². The van der Waals surface area contributed by atoms with Crippen molar-refractivity contribution < 1.29 is 4.74 Å². The van der Waals surface area contributed by atoms with Crippen LogP contribution < -0.4 is 4.74 Å². The fourth-order valence-electron chi connectivity index (χ4n) is 5.86. The lowest BCUT2D eigenvalue weighted by atomic mass is 9.63. The maximum atomic E-state index is 5.44. The molecule has 5 heterocycles. The fraction of sp³-hybridized carbons (Fsp3) is 0.579. The Hall–Kier alpha value is -1.52. The molecule has 2 aromatic rings. The van der Waals surface area contributed by atoms with E-state index in [1.807, 2.05) is 6.07 Å². The molecule has 0 unspecified atom stereocenters. The molecule has 1 aromatic carbocycles. The normalized spacial score (nSPS) is 41.6. The number of nitrogens with zero attached hydrogens (tertiary/aromatic N) is 2. The van der Waals surface area contributed by atoms with E-state index in [-0.39, 0.29) is 0 Å². The van der Waals surface area contributed by atoms with Crippen molar-refractivity contribution in [3.63, 3.8) is 0 Å². The molecule has 4 fully saturated rings. The topological polar surface area (TPSA) is 31.5 Å². The van der Waals surface area contributed by atoms with Gasteiger partial charge in [0.15, 0.2) is 0 Å². The molecule has 6 rings (SSSR count). The largest absolute Gasteiger partial charge is 0.497 e. The summed E-state index contributed by atoms with van der Waals surface area (Å²) in [7, 11) is 1.74. The minimum absolute atomic E-state index is 0.414. The van der Waals surface area contributed by atoms with Crippen LogP contribution in [0.25, 0.3) is 10.9 Å². The Bertz CT molecular complexity index is 744. The smallest absolute Gasteiger partial charge is 0.119 e. The number of rotatable bonds is 2. The van der Waals surface area contributed by atoms with Crippen LogP contribution in [0.4, 0.5) is 0 Å². The highest BCUT2D eigenvalue weighted by atomic mass is 16.5. The zero-order valence-corrected chi connectivity index (χ0v) is 14.2. The summed E-state index contributed by atoms with van der Waals surface area (Å²) in [5.74, 6) is 0.936. The monoisotopic (exact) mass is 311 g/mol. The Morgan fingerprint density at radius 2 is 1.74 bits per heavy atom. The average molecular weight is 311 g/mol. The average Bonchev–Trinajstić information content (AvgIpc) is 2.87. The van der Waals surface area contributed by atoms with Gasteiger partial charge >= 0.3 is 0 Å². The number of fused-ring (bicyclic) bond motifs is 1. The lowest BCUT2D eigenvalue weighted by molar-refractivity contribution is -0.194. The van der Waals surface area contributed by atoms with E-state index in [0.717, 1.165) is 5.75 Å². The number of H-pyrrole nitrogens is 1. The van der Waals surface area contributed by atoms with E-state index in [1.54, 1.807) is 7.11 Å². The summed E-state index contributed by atoms with van der Waals surface area (Å²) in [6, 6.07) is 6.33. The second-order valence-corrected chi connectivity index (χ2v) is 8.64. The van der Waals surface area contributed by atoms with Gasteiger partial charge in [0, 0.05) is 48.8 Å². The summed E-state index contributed by atoms with van der Waals surface area (Å²) in [4.78, 5) is 8.87. The number of aromatic amines is 1. The third-order valence-electron chi connectivity index (χ3n) is 6.08. The molecule has 4 nitrogen and oxygen atoms in total. The minimum atomic E-state index is 0.414. The van der Waals surface area contributed by atoms with Gasteiger partial charge in [0.2, 0.25) is 0 Å². The van der Waals surface area contributed by atoms with Crippen molar-refractivity contribution in [2.45, 2.75) is 26.4 Å². The van der Waals surface area contributed by atoms with Crippen LogP contribution in [0.2, 0.25) is 0 Å². The minimum Gasteiger partial charge on any atom is -0.497 e. The van der Waals surface area contributed by atoms with Crippen molar-refractivity contribution in [1.29, 1.82) is 0 Å². The molecular formula is C19H25N3O. The molecule has 4 saturated heterocycles. The van der Waals surface area contributed by atoms with E-state index in [2.05, 4.69) is 47.0 Å². The van der Waals surface area contributed by atoms with Gasteiger partial charge in [-0.05, 0) is 35.4 Å². The van der Waals surface area contributed by atoms with Crippen molar-refractivity contribution in [1.82, 2.24) is 14.8 Å². The quantitative estimate of drug-likeness (QED) is 0.924. The number of hydrogen-bond donors (Lipinski definition) is 1.